The first-order valence-electron chi connectivity index (χ1n) is 5.24. The number of amides is 1. The molecule has 1 heterocycles. The Morgan fingerprint density at radius 1 is 1.33 bits per heavy atom. The fourth-order valence-electron chi connectivity index (χ4n) is 1.50. The minimum absolute atomic E-state index is 0.249. The molecule has 2 rings (SSSR count). The van der Waals surface area contributed by atoms with E-state index in [1.54, 1.807) is 31.4 Å². The molecule has 0 atom stereocenters. The smallest absolute Gasteiger partial charge is 0.260 e. The summed E-state index contributed by atoms with van der Waals surface area (Å²) in [6.07, 6.45) is 1.61. The van der Waals surface area contributed by atoms with Gasteiger partial charge in [-0.2, -0.15) is 0 Å². The Labute approximate surface area is 112 Å². The molecule has 0 radical (unpaired) electrons. The first kappa shape index (κ1) is 12.7. The number of carbonyl (C=O) groups excluding carboxylic acids is 1. The molecule has 92 valence electrons. The highest BCUT2D eigenvalue weighted by atomic mass is 79.9. The number of hydrogen-bond donors (Lipinski definition) is 0. The summed E-state index contributed by atoms with van der Waals surface area (Å²) < 4.78 is 13.4. The maximum absolute atomic E-state index is 13.0. The minimum Gasteiger partial charge on any atom is -0.296 e. The van der Waals surface area contributed by atoms with E-state index < -0.39 is 0 Å². The van der Waals surface area contributed by atoms with Gasteiger partial charge >= 0.3 is 0 Å². The van der Waals surface area contributed by atoms with Crippen molar-refractivity contribution in [3.8, 4) is 0 Å². The van der Waals surface area contributed by atoms with E-state index in [9.17, 15) is 9.18 Å². The molecule has 0 saturated heterocycles. The molecule has 0 aliphatic heterocycles. The average Bonchev–Trinajstić information content (AvgIpc) is 2.38. The predicted octanol–water partition coefficient (Wildman–Crippen LogP) is 3.26. The van der Waals surface area contributed by atoms with E-state index in [1.165, 1.54) is 23.1 Å². The maximum atomic E-state index is 13.0. The van der Waals surface area contributed by atoms with Crippen molar-refractivity contribution in [3.63, 3.8) is 0 Å². The predicted molar refractivity (Wildman–Crippen MR) is 71.1 cm³/mol. The van der Waals surface area contributed by atoms with Crippen molar-refractivity contribution in [1.29, 1.82) is 0 Å². The van der Waals surface area contributed by atoms with E-state index in [2.05, 4.69) is 20.9 Å². The van der Waals surface area contributed by atoms with Gasteiger partial charge in [-0.25, -0.2) is 9.37 Å². The Bertz CT molecular complexity index is 574. The topological polar surface area (TPSA) is 33.2 Å². The lowest BCUT2D eigenvalue weighted by Gasteiger charge is -2.16. The Kier molecular flexibility index (Phi) is 3.72. The number of hydrogen-bond acceptors (Lipinski definition) is 2. The molecular formula is C13H10BrFN2O. The summed E-state index contributed by atoms with van der Waals surface area (Å²) in [5, 5.41) is 0. The zero-order valence-corrected chi connectivity index (χ0v) is 11.2. The van der Waals surface area contributed by atoms with Crippen molar-refractivity contribution < 1.29 is 9.18 Å². The van der Waals surface area contributed by atoms with Gasteiger partial charge in [-0.15, -0.1) is 0 Å². The van der Waals surface area contributed by atoms with Gasteiger partial charge in [0.1, 0.15) is 11.6 Å². The Hall–Kier alpha value is -1.75. The highest BCUT2D eigenvalue weighted by Crippen LogP contribution is 2.21. The van der Waals surface area contributed by atoms with Crippen LogP contribution in [0, 0.1) is 5.82 Å². The molecule has 18 heavy (non-hydrogen) atoms. The van der Waals surface area contributed by atoms with Crippen LogP contribution in [0.1, 0.15) is 10.4 Å². The van der Waals surface area contributed by atoms with Gasteiger partial charge in [-0.05, 0) is 46.3 Å². The molecule has 1 aromatic carbocycles. The van der Waals surface area contributed by atoms with Gasteiger partial charge in [-0.1, -0.05) is 6.07 Å². The number of anilines is 1. The van der Waals surface area contributed by atoms with Crippen molar-refractivity contribution in [3.05, 3.63) is 58.4 Å². The summed E-state index contributed by atoms with van der Waals surface area (Å²) in [6, 6.07) is 9.27. The van der Waals surface area contributed by atoms with Gasteiger partial charge in [-0.3, -0.25) is 9.69 Å². The van der Waals surface area contributed by atoms with Crippen LogP contribution in [0.25, 0.3) is 0 Å². The zero-order chi connectivity index (χ0) is 13.1. The Morgan fingerprint density at radius 2 is 2.11 bits per heavy atom. The fraction of sp³-hybridized carbons (Fsp3) is 0.0769. The normalized spacial score (nSPS) is 10.2. The number of halogens is 2. The highest BCUT2D eigenvalue weighted by molar-refractivity contribution is 9.10. The summed E-state index contributed by atoms with van der Waals surface area (Å²) in [5.74, 6) is -0.0989. The largest absolute Gasteiger partial charge is 0.296 e. The van der Waals surface area contributed by atoms with Crippen molar-refractivity contribution in [2.45, 2.75) is 0 Å². The number of aromatic nitrogens is 1. The van der Waals surface area contributed by atoms with E-state index in [0.29, 0.717) is 15.9 Å². The lowest BCUT2D eigenvalue weighted by molar-refractivity contribution is 0.0991. The number of benzene rings is 1. The first-order valence-corrected chi connectivity index (χ1v) is 6.03. The van der Waals surface area contributed by atoms with E-state index in [0.717, 1.165) is 0 Å². The number of nitrogens with zero attached hydrogens (tertiary/aromatic N) is 2. The maximum Gasteiger partial charge on any atom is 0.260 e. The first-order chi connectivity index (χ1) is 8.59. The second-order valence-electron chi connectivity index (χ2n) is 3.68. The van der Waals surface area contributed by atoms with Crippen LogP contribution in [0.3, 0.4) is 0 Å². The summed E-state index contributed by atoms with van der Waals surface area (Å²) in [4.78, 5) is 17.7. The van der Waals surface area contributed by atoms with Crippen LogP contribution >= 0.6 is 15.9 Å². The second kappa shape index (κ2) is 5.27. The lowest BCUT2D eigenvalue weighted by Crippen LogP contribution is -2.27. The van der Waals surface area contributed by atoms with Crippen LogP contribution in [0.4, 0.5) is 10.2 Å². The van der Waals surface area contributed by atoms with E-state index in [4.69, 9.17) is 0 Å². The van der Waals surface area contributed by atoms with Crippen LogP contribution in [0.15, 0.2) is 47.1 Å². The van der Waals surface area contributed by atoms with E-state index in [-0.39, 0.29) is 11.7 Å². The third-order valence-electron chi connectivity index (χ3n) is 2.46. The summed E-state index contributed by atoms with van der Waals surface area (Å²) in [5.41, 5.74) is 0.393. The van der Waals surface area contributed by atoms with Crippen molar-refractivity contribution in [2.75, 3.05) is 11.9 Å². The molecule has 0 saturated carbocycles. The van der Waals surface area contributed by atoms with Gasteiger partial charge in [0.2, 0.25) is 0 Å². The fourth-order valence-corrected chi connectivity index (χ4v) is 2.02. The summed E-state index contributed by atoms with van der Waals surface area (Å²) in [6.45, 7) is 0. The molecule has 1 aromatic heterocycles. The second-order valence-corrected chi connectivity index (χ2v) is 4.53. The van der Waals surface area contributed by atoms with Gasteiger partial charge in [0.25, 0.3) is 5.91 Å². The molecular weight excluding hydrogens is 299 g/mol. The number of rotatable bonds is 2. The highest BCUT2D eigenvalue weighted by Gasteiger charge is 2.17. The lowest BCUT2D eigenvalue weighted by atomic mass is 10.2. The SMILES string of the molecule is CN(C(=O)c1ccc(F)cc1Br)c1ccccn1. The molecule has 0 spiro atoms. The van der Waals surface area contributed by atoms with Crippen molar-refractivity contribution in [1.82, 2.24) is 4.98 Å². The molecule has 0 fully saturated rings. The third-order valence-corrected chi connectivity index (χ3v) is 3.12. The van der Waals surface area contributed by atoms with E-state index in [1.807, 2.05) is 0 Å². The van der Waals surface area contributed by atoms with Crippen LogP contribution < -0.4 is 4.90 Å². The molecule has 0 aliphatic carbocycles. The Balaban J connectivity index is 2.32. The van der Waals surface area contributed by atoms with Gasteiger partial charge in [0.15, 0.2) is 0 Å². The van der Waals surface area contributed by atoms with E-state index >= 15 is 0 Å². The zero-order valence-electron chi connectivity index (χ0n) is 9.60. The number of pyridine rings is 1. The van der Waals surface area contributed by atoms with Crippen molar-refractivity contribution >= 4 is 27.7 Å². The molecule has 0 bridgehead atoms. The quantitative estimate of drug-likeness (QED) is 0.853. The Morgan fingerprint density at radius 3 is 2.72 bits per heavy atom. The third kappa shape index (κ3) is 2.56. The molecule has 5 heteroatoms. The van der Waals surface area contributed by atoms with Gasteiger partial charge < -0.3 is 0 Å². The van der Waals surface area contributed by atoms with Crippen LogP contribution in [0.5, 0.6) is 0 Å². The minimum atomic E-state index is -0.390. The molecule has 0 N–H and O–H groups in total. The molecule has 0 aliphatic rings. The number of carbonyl (C=O) groups is 1. The molecule has 3 nitrogen and oxygen atoms in total. The summed E-state index contributed by atoms with van der Waals surface area (Å²) >= 11 is 3.18. The van der Waals surface area contributed by atoms with Crippen LogP contribution in [-0.2, 0) is 0 Å². The monoisotopic (exact) mass is 308 g/mol. The van der Waals surface area contributed by atoms with Crippen molar-refractivity contribution in [2.24, 2.45) is 0 Å². The molecule has 2 aromatic rings. The van der Waals surface area contributed by atoms with Crippen LogP contribution in [0.2, 0.25) is 0 Å². The van der Waals surface area contributed by atoms with Gasteiger partial charge in [0.05, 0.1) is 5.56 Å². The van der Waals surface area contributed by atoms with Crippen LogP contribution in [-0.4, -0.2) is 17.9 Å². The van der Waals surface area contributed by atoms with Gasteiger partial charge in [0, 0.05) is 17.7 Å². The standard InChI is InChI=1S/C13H10BrFN2O/c1-17(12-4-2-3-7-16-12)13(18)10-6-5-9(15)8-11(10)14/h2-8H,1H3. The molecule has 0 unspecified atom stereocenters. The average molecular weight is 309 g/mol. The summed E-state index contributed by atoms with van der Waals surface area (Å²) in [7, 11) is 1.63. The molecule has 1 amide bonds.